The molecule has 19 heavy (non-hydrogen) atoms. The summed E-state index contributed by atoms with van der Waals surface area (Å²) < 4.78 is 10.9. The van der Waals surface area contributed by atoms with Crippen LogP contribution in [0.5, 0.6) is 11.5 Å². The molecule has 0 bridgehead atoms. The number of hydrogen-bond donors (Lipinski definition) is 1. The largest absolute Gasteiger partial charge is 0.497 e. The summed E-state index contributed by atoms with van der Waals surface area (Å²) in [5.41, 5.74) is 0. The van der Waals surface area contributed by atoms with Gasteiger partial charge in [-0.1, -0.05) is 6.07 Å². The summed E-state index contributed by atoms with van der Waals surface area (Å²) >= 11 is 0. The SMILES string of the molecule is COc1cccc(OCCCCN2CCNCC2)c1. The fourth-order valence-corrected chi connectivity index (χ4v) is 2.25. The first-order valence-corrected chi connectivity index (χ1v) is 7.08. The number of hydrogen-bond acceptors (Lipinski definition) is 4. The van der Waals surface area contributed by atoms with E-state index in [1.54, 1.807) is 7.11 Å². The van der Waals surface area contributed by atoms with E-state index in [0.717, 1.165) is 37.6 Å². The Labute approximate surface area is 115 Å². The minimum absolute atomic E-state index is 0.777. The fourth-order valence-electron chi connectivity index (χ4n) is 2.25. The van der Waals surface area contributed by atoms with Gasteiger partial charge < -0.3 is 19.7 Å². The van der Waals surface area contributed by atoms with Crippen LogP contribution in [-0.4, -0.2) is 51.3 Å². The number of benzene rings is 1. The van der Waals surface area contributed by atoms with E-state index in [2.05, 4.69) is 10.2 Å². The molecule has 4 heteroatoms. The van der Waals surface area contributed by atoms with E-state index in [1.165, 1.54) is 26.1 Å². The second-order valence-corrected chi connectivity index (χ2v) is 4.83. The van der Waals surface area contributed by atoms with Gasteiger partial charge in [0.25, 0.3) is 0 Å². The van der Waals surface area contributed by atoms with Crippen molar-refractivity contribution in [3.63, 3.8) is 0 Å². The summed E-state index contributed by atoms with van der Waals surface area (Å²) in [6.07, 6.45) is 2.30. The zero-order valence-electron chi connectivity index (χ0n) is 11.7. The number of nitrogens with one attached hydrogen (secondary N) is 1. The first-order valence-electron chi connectivity index (χ1n) is 7.08. The molecule has 1 saturated heterocycles. The molecule has 0 aliphatic carbocycles. The van der Waals surface area contributed by atoms with Gasteiger partial charge in [-0.15, -0.1) is 0 Å². The van der Waals surface area contributed by atoms with Crippen LogP contribution in [0, 0.1) is 0 Å². The van der Waals surface area contributed by atoms with Crippen molar-refractivity contribution < 1.29 is 9.47 Å². The molecular formula is C15H24N2O2. The highest BCUT2D eigenvalue weighted by atomic mass is 16.5. The van der Waals surface area contributed by atoms with Crippen LogP contribution in [0.15, 0.2) is 24.3 Å². The minimum atomic E-state index is 0.777. The Balaban J connectivity index is 1.58. The van der Waals surface area contributed by atoms with Gasteiger partial charge in [0.1, 0.15) is 11.5 Å². The van der Waals surface area contributed by atoms with Gasteiger partial charge in [-0.05, 0) is 31.5 Å². The summed E-state index contributed by atoms with van der Waals surface area (Å²) in [6, 6.07) is 7.78. The predicted octanol–water partition coefficient (Wildman–Crippen LogP) is 1.76. The third kappa shape index (κ3) is 5.09. The Kier molecular flexibility index (Phi) is 5.98. The van der Waals surface area contributed by atoms with E-state index in [-0.39, 0.29) is 0 Å². The van der Waals surface area contributed by atoms with Crippen molar-refractivity contribution in [3.8, 4) is 11.5 Å². The average molecular weight is 264 g/mol. The van der Waals surface area contributed by atoms with Crippen LogP contribution in [-0.2, 0) is 0 Å². The molecule has 0 unspecified atom stereocenters. The normalized spacial score (nSPS) is 16.3. The molecule has 0 saturated carbocycles. The molecule has 2 rings (SSSR count). The van der Waals surface area contributed by atoms with Crippen LogP contribution in [0.4, 0.5) is 0 Å². The number of nitrogens with zero attached hydrogens (tertiary/aromatic N) is 1. The maximum atomic E-state index is 5.73. The van der Waals surface area contributed by atoms with Gasteiger partial charge in [0.05, 0.1) is 13.7 Å². The zero-order chi connectivity index (χ0) is 13.3. The summed E-state index contributed by atoms with van der Waals surface area (Å²) in [4.78, 5) is 2.52. The second kappa shape index (κ2) is 8.02. The van der Waals surface area contributed by atoms with Crippen molar-refractivity contribution in [1.82, 2.24) is 10.2 Å². The lowest BCUT2D eigenvalue weighted by Gasteiger charge is -2.26. The van der Waals surface area contributed by atoms with E-state index < -0.39 is 0 Å². The Morgan fingerprint density at radius 2 is 1.95 bits per heavy atom. The minimum Gasteiger partial charge on any atom is -0.497 e. The smallest absolute Gasteiger partial charge is 0.122 e. The van der Waals surface area contributed by atoms with Crippen LogP contribution >= 0.6 is 0 Å². The van der Waals surface area contributed by atoms with E-state index >= 15 is 0 Å². The summed E-state index contributed by atoms with van der Waals surface area (Å²) in [5, 5.41) is 3.37. The summed E-state index contributed by atoms with van der Waals surface area (Å²) in [5.74, 6) is 1.74. The lowest BCUT2D eigenvalue weighted by Crippen LogP contribution is -2.43. The quantitative estimate of drug-likeness (QED) is 0.761. The highest BCUT2D eigenvalue weighted by molar-refractivity contribution is 5.32. The second-order valence-electron chi connectivity index (χ2n) is 4.83. The first kappa shape index (κ1) is 14.2. The van der Waals surface area contributed by atoms with Crippen LogP contribution in [0.3, 0.4) is 0 Å². The Hall–Kier alpha value is -1.26. The monoisotopic (exact) mass is 264 g/mol. The van der Waals surface area contributed by atoms with Crippen molar-refractivity contribution in [3.05, 3.63) is 24.3 Å². The predicted molar refractivity (Wildman–Crippen MR) is 77.0 cm³/mol. The first-order chi connectivity index (χ1) is 9.38. The molecule has 106 valence electrons. The molecule has 1 aromatic carbocycles. The van der Waals surface area contributed by atoms with Crippen LogP contribution in [0.2, 0.25) is 0 Å². The van der Waals surface area contributed by atoms with E-state index in [9.17, 15) is 0 Å². The Bertz CT molecular complexity index is 365. The van der Waals surface area contributed by atoms with Gasteiger partial charge in [0, 0.05) is 32.2 Å². The average Bonchev–Trinajstić information content (AvgIpc) is 2.48. The molecule has 0 amide bonds. The molecule has 4 nitrogen and oxygen atoms in total. The molecular weight excluding hydrogens is 240 g/mol. The Morgan fingerprint density at radius 3 is 2.74 bits per heavy atom. The maximum Gasteiger partial charge on any atom is 0.122 e. The standard InChI is InChI=1S/C15H24N2O2/c1-18-14-5-4-6-15(13-14)19-12-3-2-9-17-10-7-16-8-11-17/h4-6,13,16H,2-3,7-12H2,1H3. The third-order valence-electron chi connectivity index (χ3n) is 3.39. The molecule has 1 aromatic rings. The van der Waals surface area contributed by atoms with Crippen molar-refractivity contribution in [1.29, 1.82) is 0 Å². The van der Waals surface area contributed by atoms with Crippen molar-refractivity contribution in [2.24, 2.45) is 0 Å². The number of piperazine rings is 1. The zero-order valence-corrected chi connectivity index (χ0v) is 11.7. The highest BCUT2D eigenvalue weighted by Gasteiger charge is 2.08. The topological polar surface area (TPSA) is 33.7 Å². The van der Waals surface area contributed by atoms with Gasteiger partial charge in [0.2, 0.25) is 0 Å². The fraction of sp³-hybridized carbons (Fsp3) is 0.600. The van der Waals surface area contributed by atoms with Gasteiger partial charge in [-0.2, -0.15) is 0 Å². The Morgan fingerprint density at radius 1 is 1.16 bits per heavy atom. The van der Waals surface area contributed by atoms with E-state index in [4.69, 9.17) is 9.47 Å². The van der Waals surface area contributed by atoms with Crippen LogP contribution in [0.25, 0.3) is 0 Å². The number of rotatable bonds is 7. The number of ether oxygens (including phenoxy) is 2. The van der Waals surface area contributed by atoms with Gasteiger partial charge in [-0.25, -0.2) is 0 Å². The summed E-state index contributed by atoms with van der Waals surface area (Å²) in [7, 11) is 1.67. The van der Waals surface area contributed by atoms with Gasteiger partial charge in [0.15, 0.2) is 0 Å². The van der Waals surface area contributed by atoms with Gasteiger partial charge in [-0.3, -0.25) is 0 Å². The maximum absolute atomic E-state index is 5.73. The van der Waals surface area contributed by atoms with E-state index in [0.29, 0.717) is 0 Å². The van der Waals surface area contributed by atoms with Crippen molar-refractivity contribution in [2.75, 3.05) is 46.4 Å². The third-order valence-corrected chi connectivity index (χ3v) is 3.39. The van der Waals surface area contributed by atoms with Crippen molar-refractivity contribution >= 4 is 0 Å². The van der Waals surface area contributed by atoms with Crippen LogP contribution < -0.4 is 14.8 Å². The molecule has 1 aliphatic heterocycles. The molecule has 0 atom stereocenters. The molecule has 1 N–H and O–H groups in total. The van der Waals surface area contributed by atoms with Gasteiger partial charge >= 0.3 is 0 Å². The molecule has 0 spiro atoms. The summed E-state index contributed by atoms with van der Waals surface area (Å²) in [6.45, 7) is 6.57. The number of unbranched alkanes of at least 4 members (excludes halogenated alkanes) is 1. The van der Waals surface area contributed by atoms with Crippen LogP contribution in [0.1, 0.15) is 12.8 Å². The number of methoxy groups -OCH3 is 1. The molecule has 1 fully saturated rings. The molecule has 0 aromatic heterocycles. The molecule has 1 aliphatic rings. The lowest BCUT2D eigenvalue weighted by atomic mass is 10.2. The molecule has 1 heterocycles. The highest BCUT2D eigenvalue weighted by Crippen LogP contribution is 2.18. The van der Waals surface area contributed by atoms with E-state index in [1.807, 2.05) is 24.3 Å². The lowest BCUT2D eigenvalue weighted by molar-refractivity contribution is 0.226. The van der Waals surface area contributed by atoms with Crippen molar-refractivity contribution in [2.45, 2.75) is 12.8 Å². The molecule has 0 radical (unpaired) electrons.